The van der Waals surface area contributed by atoms with Crippen LogP contribution in [0.15, 0.2) is 48.8 Å². The van der Waals surface area contributed by atoms with E-state index in [1.165, 1.54) is 10.7 Å². The van der Waals surface area contributed by atoms with Gasteiger partial charge in [-0.2, -0.15) is 0 Å². The van der Waals surface area contributed by atoms with Crippen LogP contribution in [-0.4, -0.2) is 57.7 Å². The highest BCUT2D eigenvalue weighted by Gasteiger charge is 2.65. The molecule has 0 bridgehead atoms. The van der Waals surface area contributed by atoms with Crippen molar-refractivity contribution >= 4 is 31.4 Å². The molecule has 2 aliphatic carbocycles. The Hall–Kier alpha value is -2.90. The highest BCUT2D eigenvalue weighted by Crippen LogP contribution is 2.70. The van der Waals surface area contributed by atoms with Gasteiger partial charge in [-0.3, -0.25) is 14.2 Å². The molecule has 40 heavy (non-hydrogen) atoms. The first-order valence-corrected chi connectivity index (χ1v) is 15.9. The molecule has 3 N–H and O–H groups in total. The van der Waals surface area contributed by atoms with Crippen molar-refractivity contribution in [3.63, 3.8) is 0 Å². The summed E-state index contributed by atoms with van der Waals surface area (Å²) in [5.74, 6) is 0.0697. The standard InChI is InChI=1S/C30H42N3O6P/c1-5-22-20-30(22,40(37,38)19-17-21-12-7-6-8-13-21)32-26(34)24-16-11-18-33(24)27(35)25(29(2,3)4)31-28(36)39-23-14-9-10-15-23/h5-8,12-13,17,19,22-25H,1,9-11,14-16,18,20H2,2-4H3,(H,31,36)(H,32,34)(H,37,38)/b19-17+/t22-,24+,25-,30+/m1/s1. The summed E-state index contributed by atoms with van der Waals surface area (Å²) in [6, 6.07) is 7.47. The fraction of sp³-hybridized carbons (Fsp3) is 0.567. The van der Waals surface area contributed by atoms with Crippen molar-refractivity contribution in [2.45, 2.75) is 89.2 Å². The molecule has 4 rings (SSSR count). The van der Waals surface area contributed by atoms with Crippen molar-refractivity contribution in [1.29, 1.82) is 0 Å². The van der Waals surface area contributed by atoms with E-state index in [0.717, 1.165) is 31.2 Å². The van der Waals surface area contributed by atoms with Crippen LogP contribution in [0.3, 0.4) is 0 Å². The zero-order chi connectivity index (χ0) is 29.1. The van der Waals surface area contributed by atoms with Crippen molar-refractivity contribution in [2.24, 2.45) is 11.3 Å². The quantitative estimate of drug-likeness (QED) is 0.282. The number of nitrogens with zero attached hydrogens (tertiary/aromatic N) is 1. The molecule has 5 atom stereocenters. The van der Waals surface area contributed by atoms with Crippen LogP contribution in [0.1, 0.15) is 71.3 Å². The third-order valence-electron chi connectivity index (χ3n) is 8.24. The van der Waals surface area contributed by atoms with E-state index in [4.69, 9.17) is 4.74 Å². The third-order valence-corrected chi connectivity index (χ3v) is 10.6. The highest BCUT2D eigenvalue weighted by molar-refractivity contribution is 7.63. The highest BCUT2D eigenvalue weighted by atomic mass is 31.2. The Balaban J connectivity index is 1.48. The summed E-state index contributed by atoms with van der Waals surface area (Å²) < 4.78 is 19.1. The van der Waals surface area contributed by atoms with E-state index in [9.17, 15) is 23.8 Å². The molecule has 0 aromatic heterocycles. The molecule has 218 valence electrons. The Labute approximate surface area is 236 Å². The molecule has 0 spiro atoms. The van der Waals surface area contributed by atoms with Gasteiger partial charge in [-0.25, -0.2) is 4.79 Å². The van der Waals surface area contributed by atoms with E-state index < -0.39 is 42.1 Å². The van der Waals surface area contributed by atoms with Crippen molar-refractivity contribution in [1.82, 2.24) is 15.5 Å². The average Bonchev–Trinajstić information content (AvgIpc) is 3.24. The first kappa shape index (κ1) is 30.1. The molecule has 3 aliphatic rings. The minimum atomic E-state index is -4.00. The van der Waals surface area contributed by atoms with Crippen LogP contribution < -0.4 is 10.6 Å². The van der Waals surface area contributed by atoms with Gasteiger partial charge in [0, 0.05) is 18.3 Å². The topological polar surface area (TPSA) is 125 Å². The number of carbonyl (C=O) groups excluding carboxylic acids is 3. The number of nitrogens with one attached hydrogen (secondary N) is 2. The van der Waals surface area contributed by atoms with Crippen LogP contribution in [0, 0.1) is 11.3 Å². The van der Waals surface area contributed by atoms with Gasteiger partial charge in [0.25, 0.3) is 0 Å². The van der Waals surface area contributed by atoms with Crippen LogP contribution in [0.4, 0.5) is 4.79 Å². The number of benzene rings is 1. The third kappa shape index (κ3) is 6.52. The van der Waals surface area contributed by atoms with Crippen LogP contribution >= 0.6 is 7.37 Å². The number of hydrogen-bond acceptors (Lipinski definition) is 5. The second-order valence-electron chi connectivity index (χ2n) is 12.3. The Morgan fingerprint density at radius 2 is 1.82 bits per heavy atom. The first-order valence-electron chi connectivity index (χ1n) is 14.2. The molecule has 2 saturated carbocycles. The fourth-order valence-corrected chi connectivity index (χ4v) is 7.70. The zero-order valence-electron chi connectivity index (χ0n) is 23.7. The number of likely N-dealkylation sites (tertiary alicyclic amines) is 1. The van der Waals surface area contributed by atoms with Gasteiger partial charge in [0.2, 0.25) is 19.2 Å². The summed E-state index contributed by atoms with van der Waals surface area (Å²) in [5, 5.41) is 4.26. The van der Waals surface area contributed by atoms with Gasteiger partial charge in [-0.1, -0.05) is 57.2 Å². The second-order valence-corrected chi connectivity index (χ2v) is 14.6. The van der Waals surface area contributed by atoms with E-state index in [1.54, 1.807) is 12.2 Å². The molecule has 1 aromatic carbocycles. The molecular weight excluding hydrogens is 529 g/mol. The molecule has 1 unspecified atom stereocenters. The average molecular weight is 572 g/mol. The number of hydrogen-bond donors (Lipinski definition) is 3. The summed E-state index contributed by atoms with van der Waals surface area (Å²) >= 11 is 0. The summed E-state index contributed by atoms with van der Waals surface area (Å²) in [5.41, 5.74) is 0.137. The molecule has 9 nitrogen and oxygen atoms in total. The van der Waals surface area contributed by atoms with Crippen LogP contribution in [-0.2, 0) is 18.9 Å². The Morgan fingerprint density at radius 1 is 1.15 bits per heavy atom. The molecule has 1 aliphatic heterocycles. The predicted octanol–water partition coefficient (Wildman–Crippen LogP) is 5.02. The maximum atomic E-state index is 13.8. The fourth-order valence-electron chi connectivity index (χ4n) is 5.75. The van der Waals surface area contributed by atoms with Crippen LogP contribution in [0.5, 0.6) is 0 Å². The minimum Gasteiger partial charge on any atom is -0.446 e. The Kier molecular flexibility index (Phi) is 8.96. The van der Waals surface area contributed by atoms with Crippen molar-refractivity contribution in [3.05, 3.63) is 54.4 Å². The van der Waals surface area contributed by atoms with E-state index in [0.29, 0.717) is 19.4 Å². The zero-order valence-corrected chi connectivity index (χ0v) is 24.6. The van der Waals surface area contributed by atoms with Gasteiger partial charge < -0.3 is 25.2 Å². The molecule has 1 heterocycles. The SMILES string of the molecule is C=C[C@@H]1C[C@]1(NC(=O)[C@@H]1CCCN1C(=O)[C@@H](NC(=O)OC1CCCC1)C(C)(C)C)P(=O)(O)/C=C/c1ccccc1. The maximum absolute atomic E-state index is 13.8. The number of amides is 3. The number of rotatable bonds is 9. The van der Waals surface area contributed by atoms with Crippen LogP contribution in [0.2, 0.25) is 0 Å². The summed E-state index contributed by atoms with van der Waals surface area (Å²) in [4.78, 5) is 52.7. The number of carbonyl (C=O) groups is 3. The van der Waals surface area contributed by atoms with Gasteiger partial charge in [0.05, 0.1) is 0 Å². The molecule has 1 saturated heterocycles. The van der Waals surface area contributed by atoms with Crippen molar-refractivity contribution in [3.8, 4) is 0 Å². The van der Waals surface area contributed by atoms with Crippen LogP contribution in [0.25, 0.3) is 6.08 Å². The Morgan fingerprint density at radius 3 is 2.42 bits per heavy atom. The largest absolute Gasteiger partial charge is 0.446 e. The summed E-state index contributed by atoms with van der Waals surface area (Å²) in [7, 11) is -4.00. The smallest absolute Gasteiger partial charge is 0.408 e. The summed E-state index contributed by atoms with van der Waals surface area (Å²) in [6.45, 7) is 9.70. The van der Waals surface area contributed by atoms with E-state index >= 15 is 0 Å². The van der Waals surface area contributed by atoms with E-state index in [1.807, 2.05) is 51.1 Å². The molecular formula is C30H42N3O6P. The van der Waals surface area contributed by atoms with Gasteiger partial charge in [0.1, 0.15) is 23.5 Å². The number of ether oxygens (including phenoxy) is 1. The lowest BCUT2D eigenvalue weighted by atomic mass is 9.85. The van der Waals surface area contributed by atoms with Crippen molar-refractivity contribution in [2.75, 3.05) is 6.54 Å². The van der Waals surface area contributed by atoms with E-state index in [-0.39, 0.29) is 24.3 Å². The molecule has 3 amide bonds. The van der Waals surface area contributed by atoms with Gasteiger partial charge in [-0.05, 0) is 62.0 Å². The Bertz CT molecular complexity index is 1190. The minimum absolute atomic E-state index is 0.140. The molecule has 1 aromatic rings. The maximum Gasteiger partial charge on any atom is 0.408 e. The lowest BCUT2D eigenvalue weighted by molar-refractivity contribution is -0.142. The first-order chi connectivity index (χ1) is 18.9. The molecule has 3 fully saturated rings. The summed E-state index contributed by atoms with van der Waals surface area (Å²) in [6.07, 6.45) is 7.39. The van der Waals surface area contributed by atoms with Gasteiger partial charge in [0.15, 0.2) is 0 Å². The normalized spacial score (nSPS) is 27.1. The van der Waals surface area contributed by atoms with E-state index in [2.05, 4.69) is 17.2 Å². The lowest BCUT2D eigenvalue weighted by Gasteiger charge is -2.36. The predicted molar refractivity (Wildman–Crippen MR) is 154 cm³/mol. The molecule has 0 radical (unpaired) electrons. The van der Waals surface area contributed by atoms with Gasteiger partial charge in [-0.15, -0.1) is 6.58 Å². The van der Waals surface area contributed by atoms with Crippen molar-refractivity contribution < 1.29 is 28.6 Å². The lowest BCUT2D eigenvalue weighted by Crippen LogP contribution is -2.58. The van der Waals surface area contributed by atoms with Gasteiger partial charge >= 0.3 is 6.09 Å². The second kappa shape index (κ2) is 11.9. The monoisotopic (exact) mass is 571 g/mol. The molecule has 10 heteroatoms. The number of alkyl carbamates (subject to hydrolysis) is 1.